The highest BCUT2D eigenvalue weighted by molar-refractivity contribution is 7.45. The summed E-state index contributed by atoms with van der Waals surface area (Å²) in [6, 6.07) is 15.9. The van der Waals surface area contributed by atoms with Crippen molar-refractivity contribution in [2.24, 2.45) is 4.99 Å². The Morgan fingerprint density at radius 2 is 1.00 bits per heavy atom. The smallest absolute Gasteiger partial charge is 0.267 e. The summed E-state index contributed by atoms with van der Waals surface area (Å²) >= 11 is 0. The number of ether oxygens (including phenoxy) is 2. The number of unbranched alkanes of at least 4 members (excludes halogenated alkanes) is 16. The maximum Gasteiger partial charge on any atom is 0.267 e. The van der Waals surface area contributed by atoms with E-state index in [1.165, 1.54) is 57.8 Å². The molecular weight excluding hydrogens is 635 g/mol. The first-order valence-electron chi connectivity index (χ1n) is 19.1. The lowest BCUT2D eigenvalue weighted by molar-refractivity contribution is -0.870. The molecule has 0 spiro atoms. The van der Waals surface area contributed by atoms with E-state index in [2.05, 4.69) is 33.1 Å². The maximum absolute atomic E-state index is 11.9. The van der Waals surface area contributed by atoms with E-state index >= 15 is 0 Å². The molecule has 0 saturated carbocycles. The number of quaternary nitrogens is 1. The van der Waals surface area contributed by atoms with Gasteiger partial charge < -0.3 is 27.9 Å². The lowest BCUT2D eigenvalue weighted by atomic mass is 10.1. The summed E-state index contributed by atoms with van der Waals surface area (Å²) in [4.78, 5) is 16.5. The van der Waals surface area contributed by atoms with Crippen LogP contribution < -0.4 is 14.4 Å². The molecule has 0 aromatic heterocycles. The van der Waals surface area contributed by atoms with Gasteiger partial charge in [-0.3, -0.25) is 9.56 Å². The van der Waals surface area contributed by atoms with Crippen LogP contribution in [0.1, 0.15) is 128 Å². The average Bonchev–Trinajstić information content (AvgIpc) is 3.07. The number of nitrogens with zero attached hydrogens (tertiary/aromatic N) is 2. The third kappa shape index (κ3) is 24.6. The zero-order chi connectivity index (χ0) is 35.5. The molecule has 0 N–H and O–H groups in total. The van der Waals surface area contributed by atoms with Gasteiger partial charge in [-0.2, -0.15) is 0 Å². The van der Waals surface area contributed by atoms with Gasteiger partial charge in [-0.1, -0.05) is 103 Å². The quantitative estimate of drug-likeness (QED) is 0.0336. The van der Waals surface area contributed by atoms with Crippen LogP contribution in [0.5, 0.6) is 11.5 Å². The highest BCUT2D eigenvalue weighted by Gasteiger charge is 2.09. The minimum absolute atomic E-state index is 0.214. The highest BCUT2D eigenvalue weighted by atomic mass is 31.2. The van der Waals surface area contributed by atoms with E-state index in [0.717, 1.165) is 91.6 Å². The normalized spacial score (nSPS) is 13.2. The molecule has 9 heteroatoms. The minimum atomic E-state index is -4.17. The maximum atomic E-state index is 11.9. The molecule has 1 atom stereocenters. The van der Waals surface area contributed by atoms with Crippen LogP contribution in [0, 0.1) is 0 Å². The lowest BCUT2D eigenvalue weighted by Gasteiger charge is -2.23. The fraction of sp³-hybridized carbons (Fsp3) is 0.675. The molecule has 278 valence electrons. The van der Waals surface area contributed by atoms with Crippen LogP contribution >= 0.6 is 7.82 Å². The minimum Gasteiger partial charge on any atom is -0.756 e. The van der Waals surface area contributed by atoms with Crippen LogP contribution in [0.4, 0.5) is 5.69 Å². The summed E-state index contributed by atoms with van der Waals surface area (Å²) < 4.78 is 34.6. The number of hydrogen-bond donors (Lipinski definition) is 0. The number of hydrogen-bond acceptors (Lipinski definition) is 7. The molecule has 0 aliphatic heterocycles. The molecule has 2 aromatic carbocycles. The molecule has 0 radical (unpaired) electrons. The van der Waals surface area contributed by atoms with Crippen LogP contribution in [-0.4, -0.2) is 64.8 Å². The van der Waals surface area contributed by atoms with Gasteiger partial charge in [-0.25, -0.2) is 0 Å². The van der Waals surface area contributed by atoms with E-state index in [1.54, 1.807) is 0 Å². The third-order valence-electron chi connectivity index (χ3n) is 8.41. The van der Waals surface area contributed by atoms with Crippen LogP contribution in [0.2, 0.25) is 0 Å². The largest absolute Gasteiger partial charge is 0.756 e. The van der Waals surface area contributed by atoms with Crippen molar-refractivity contribution in [1.29, 1.82) is 0 Å². The Labute approximate surface area is 298 Å². The van der Waals surface area contributed by atoms with E-state index in [0.29, 0.717) is 13.2 Å². The van der Waals surface area contributed by atoms with Crippen LogP contribution in [0.25, 0.3) is 0 Å². The van der Waals surface area contributed by atoms with E-state index in [-0.39, 0.29) is 13.2 Å². The molecule has 49 heavy (non-hydrogen) atoms. The first kappa shape index (κ1) is 42.9. The summed E-state index contributed by atoms with van der Waals surface area (Å²) in [6.45, 7) is 5.04. The molecule has 0 aliphatic rings. The number of benzene rings is 2. The standard InChI is InChI=1S/C40H67N2O6P/c1-5-6-7-8-9-10-11-15-18-21-33-47-49(43,44)48-34-22-19-16-13-12-14-17-20-32-45-39-27-23-37(24-28-39)36-41-38-25-29-40(30-26-38)46-35-31-42(2,3)4/h23-30,36H,5-22,31-35H2,1-4H3. The molecule has 8 nitrogen and oxygen atoms in total. The Kier molecular flexibility index (Phi) is 23.3. The Morgan fingerprint density at radius 1 is 0.592 bits per heavy atom. The van der Waals surface area contributed by atoms with Gasteiger partial charge in [0.2, 0.25) is 0 Å². The number of aliphatic imine (C=N–C) groups is 1. The first-order chi connectivity index (χ1) is 23.7. The zero-order valence-corrected chi connectivity index (χ0v) is 32.1. The average molecular weight is 703 g/mol. The topological polar surface area (TPSA) is 89.4 Å². The van der Waals surface area contributed by atoms with E-state index < -0.39 is 7.82 Å². The Morgan fingerprint density at radius 3 is 1.47 bits per heavy atom. The molecule has 0 heterocycles. The molecule has 0 fully saturated rings. The van der Waals surface area contributed by atoms with Crippen LogP contribution in [0.15, 0.2) is 53.5 Å². The predicted octanol–water partition coefficient (Wildman–Crippen LogP) is 10.4. The van der Waals surface area contributed by atoms with Crippen molar-refractivity contribution in [3.05, 3.63) is 54.1 Å². The van der Waals surface area contributed by atoms with Crippen molar-refractivity contribution in [1.82, 2.24) is 0 Å². The second kappa shape index (κ2) is 26.6. The van der Waals surface area contributed by atoms with Gasteiger partial charge in [0.25, 0.3) is 7.82 Å². The van der Waals surface area contributed by atoms with Gasteiger partial charge in [0.1, 0.15) is 24.7 Å². The number of rotatable bonds is 31. The molecule has 0 saturated heterocycles. The fourth-order valence-corrected chi connectivity index (χ4v) is 6.08. The molecule has 2 rings (SSSR count). The molecule has 0 amide bonds. The fourth-order valence-electron chi connectivity index (χ4n) is 5.30. The number of likely N-dealkylation sites (N-methyl/N-ethyl adjacent to an activating group) is 1. The van der Waals surface area contributed by atoms with Crippen LogP contribution in [-0.2, 0) is 13.6 Å². The van der Waals surface area contributed by atoms with Gasteiger partial charge in [0.05, 0.1) is 46.7 Å². The first-order valence-corrected chi connectivity index (χ1v) is 20.5. The molecule has 2 aromatic rings. The lowest BCUT2D eigenvalue weighted by Crippen LogP contribution is -2.38. The zero-order valence-electron chi connectivity index (χ0n) is 31.3. The SMILES string of the molecule is CCCCCCCCCCCCOP(=O)([O-])OCCCCCCCCCCOc1ccc(C=Nc2ccc(OCC[N+](C)(C)C)cc2)cc1. The number of phosphoric acid groups is 1. The monoisotopic (exact) mass is 702 g/mol. The van der Waals surface area contributed by atoms with Crippen molar-refractivity contribution in [2.45, 2.75) is 122 Å². The summed E-state index contributed by atoms with van der Waals surface area (Å²) in [6.07, 6.45) is 22.4. The van der Waals surface area contributed by atoms with E-state index in [4.69, 9.17) is 18.5 Å². The molecule has 0 bridgehead atoms. The highest BCUT2D eigenvalue weighted by Crippen LogP contribution is 2.38. The Bertz CT molecular complexity index is 1150. The molecule has 0 aliphatic carbocycles. The number of phosphoric ester groups is 1. The van der Waals surface area contributed by atoms with Crippen LogP contribution in [0.3, 0.4) is 0 Å². The van der Waals surface area contributed by atoms with Gasteiger partial charge in [-0.15, -0.1) is 0 Å². The second-order valence-electron chi connectivity index (χ2n) is 14.2. The van der Waals surface area contributed by atoms with Gasteiger partial charge in [0, 0.05) is 6.21 Å². The summed E-state index contributed by atoms with van der Waals surface area (Å²) in [7, 11) is 2.30. The molecular formula is C40H67N2O6P. The van der Waals surface area contributed by atoms with Crippen molar-refractivity contribution >= 4 is 19.7 Å². The second-order valence-corrected chi connectivity index (χ2v) is 15.6. The summed E-state index contributed by atoms with van der Waals surface area (Å²) in [5.41, 5.74) is 1.91. The molecule has 1 unspecified atom stereocenters. The van der Waals surface area contributed by atoms with E-state index in [1.807, 2.05) is 54.7 Å². The Balaban J connectivity index is 1.40. The van der Waals surface area contributed by atoms with Crippen molar-refractivity contribution in [3.63, 3.8) is 0 Å². The predicted molar refractivity (Wildman–Crippen MR) is 202 cm³/mol. The van der Waals surface area contributed by atoms with Crippen molar-refractivity contribution in [2.75, 3.05) is 54.1 Å². The summed E-state index contributed by atoms with van der Waals surface area (Å²) in [5.74, 6) is 1.74. The van der Waals surface area contributed by atoms with E-state index in [9.17, 15) is 9.46 Å². The van der Waals surface area contributed by atoms with Crippen molar-refractivity contribution in [3.8, 4) is 11.5 Å². The summed E-state index contributed by atoms with van der Waals surface area (Å²) in [5, 5.41) is 0. The van der Waals surface area contributed by atoms with Gasteiger partial charge in [-0.05, 0) is 73.4 Å². The Hall–Kier alpha value is -2.22. The van der Waals surface area contributed by atoms with Gasteiger partial charge >= 0.3 is 0 Å². The van der Waals surface area contributed by atoms with Crippen molar-refractivity contribution < 1.29 is 32.5 Å². The third-order valence-corrected chi connectivity index (χ3v) is 9.41. The van der Waals surface area contributed by atoms with Gasteiger partial charge in [0.15, 0.2) is 0 Å².